The molecule has 0 bridgehead atoms. The van der Waals surface area contributed by atoms with E-state index in [9.17, 15) is 4.79 Å². The molecule has 0 aliphatic rings. The van der Waals surface area contributed by atoms with Gasteiger partial charge in [-0.2, -0.15) is 0 Å². The molecule has 0 spiro atoms. The molecule has 1 aromatic rings. The van der Waals surface area contributed by atoms with Gasteiger partial charge >= 0.3 is 0 Å². The smallest absolute Gasteiger partial charge is 0.251 e. The van der Waals surface area contributed by atoms with Crippen molar-refractivity contribution in [2.75, 3.05) is 13.2 Å². The second-order valence-electron chi connectivity index (χ2n) is 4.22. The number of unbranched alkanes of at least 4 members (excludes halogenated alkanes) is 1. The van der Waals surface area contributed by atoms with E-state index in [1.807, 2.05) is 19.1 Å². The molecule has 1 amide bonds. The summed E-state index contributed by atoms with van der Waals surface area (Å²) in [4.78, 5) is 12.0. The average molecular weight is 314 g/mol. The third-order valence-corrected chi connectivity index (χ3v) is 2.75. The van der Waals surface area contributed by atoms with Crippen LogP contribution >= 0.6 is 15.9 Å². The molecule has 0 radical (unpaired) electrons. The van der Waals surface area contributed by atoms with E-state index in [-0.39, 0.29) is 10.7 Å². The van der Waals surface area contributed by atoms with E-state index >= 15 is 0 Å². The fourth-order valence-electron chi connectivity index (χ4n) is 1.37. The predicted octanol–water partition coefficient (Wildman–Crippen LogP) is 3.38. The Morgan fingerprint density at radius 3 is 2.61 bits per heavy atom. The van der Waals surface area contributed by atoms with Crippen LogP contribution in [0.1, 0.15) is 37.0 Å². The first-order valence-electron chi connectivity index (χ1n) is 6.28. The lowest BCUT2D eigenvalue weighted by molar-refractivity contribution is 0.0954. The van der Waals surface area contributed by atoms with Gasteiger partial charge in [0.2, 0.25) is 0 Å². The largest absolute Gasteiger partial charge is 0.494 e. The molecule has 0 aliphatic carbocycles. The van der Waals surface area contributed by atoms with Gasteiger partial charge in [-0.1, -0.05) is 36.2 Å². The molecule has 0 heterocycles. The second-order valence-corrected chi connectivity index (χ2v) is 5.78. The monoisotopic (exact) mass is 313 g/mol. The Hall–Kier alpha value is -1.03. The lowest BCUT2D eigenvalue weighted by Gasteiger charge is -2.08. The van der Waals surface area contributed by atoms with Gasteiger partial charge in [-0.05, 0) is 30.7 Å². The van der Waals surface area contributed by atoms with Crippen LogP contribution in [0.15, 0.2) is 24.3 Å². The summed E-state index contributed by atoms with van der Waals surface area (Å²) in [5.41, 5.74) is 0.658. The minimum atomic E-state index is -0.0543. The van der Waals surface area contributed by atoms with Gasteiger partial charge in [0.15, 0.2) is 0 Å². The molecule has 0 fully saturated rings. The highest BCUT2D eigenvalue weighted by Crippen LogP contribution is 2.12. The van der Waals surface area contributed by atoms with E-state index < -0.39 is 0 Å². The molecule has 0 saturated heterocycles. The summed E-state index contributed by atoms with van der Waals surface area (Å²) >= 11 is 3.39. The van der Waals surface area contributed by atoms with Gasteiger partial charge in [-0.3, -0.25) is 4.79 Å². The van der Waals surface area contributed by atoms with Gasteiger partial charge < -0.3 is 10.1 Å². The second kappa shape index (κ2) is 8.14. The molecule has 0 aromatic heterocycles. The fourth-order valence-corrected chi connectivity index (χ4v) is 1.53. The Morgan fingerprint density at radius 1 is 1.39 bits per heavy atom. The van der Waals surface area contributed by atoms with Crippen molar-refractivity contribution in [3.05, 3.63) is 29.8 Å². The summed E-state index contributed by atoms with van der Waals surface area (Å²) in [6, 6.07) is 7.25. The number of amides is 1. The zero-order valence-electron chi connectivity index (χ0n) is 10.9. The van der Waals surface area contributed by atoms with Crippen molar-refractivity contribution >= 4 is 21.8 Å². The van der Waals surface area contributed by atoms with Crippen molar-refractivity contribution in [1.82, 2.24) is 5.32 Å². The molecule has 0 saturated carbocycles. The predicted molar refractivity (Wildman–Crippen MR) is 77.6 cm³/mol. The Bertz CT molecular complexity index is 363. The first-order valence-corrected chi connectivity index (χ1v) is 7.20. The van der Waals surface area contributed by atoms with Crippen LogP contribution in [0.2, 0.25) is 0 Å². The van der Waals surface area contributed by atoms with Crippen LogP contribution in [-0.4, -0.2) is 23.9 Å². The first-order chi connectivity index (χ1) is 8.63. The summed E-state index contributed by atoms with van der Waals surface area (Å²) in [6.07, 6.45) is 2.16. The number of carbonyl (C=O) groups excluding carboxylic acids is 1. The molecule has 1 atom stereocenters. The van der Waals surface area contributed by atoms with Crippen LogP contribution < -0.4 is 10.1 Å². The third-order valence-electron chi connectivity index (χ3n) is 2.43. The molecule has 18 heavy (non-hydrogen) atoms. The van der Waals surface area contributed by atoms with Crippen LogP contribution in [0.3, 0.4) is 0 Å². The van der Waals surface area contributed by atoms with E-state index in [2.05, 4.69) is 28.2 Å². The summed E-state index contributed by atoms with van der Waals surface area (Å²) in [5.74, 6) is 0.760. The van der Waals surface area contributed by atoms with Gasteiger partial charge in [-0.15, -0.1) is 0 Å². The number of nitrogens with one attached hydrogen (secondary N) is 1. The Balaban J connectivity index is 2.46. The molecular formula is C14H20BrNO2. The zero-order chi connectivity index (χ0) is 13.4. The summed E-state index contributed by atoms with van der Waals surface area (Å²) in [7, 11) is 0. The number of rotatable bonds is 7. The van der Waals surface area contributed by atoms with Gasteiger partial charge in [0.25, 0.3) is 5.91 Å². The number of hydrogen-bond donors (Lipinski definition) is 1. The number of alkyl halides is 1. The maximum Gasteiger partial charge on any atom is 0.251 e. The summed E-state index contributed by atoms with van der Waals surface area (Å²) < 4.78 is 5.54. The Kier molecular flexibility index (Phi) is 6.80. The van der Waals surface area contributed by atoms with Crippen molar-refractivity contribution in [3.63, 3.8) is 0 Å². The quantitative estimate of drug-likeness (QED) is 0.619. The topological polar surface area (TPSA) is 38.3 Å². The van der Waals surface area contributed by atoms with Crippen LogP contribution in [0.5, 0.6) is 5.75 Å². The lowest BCUT2D eigenvalue weighted by Crippen LogP contribution is -2.28. The highest BCUT2D eigenvalue weighted by atomic mass is 79.9. The molecule has 1 rings (SSSR count). The van der Waals surface area contributed by atoms with Crippen molar-refractivity contribution in [1.29, 1.82) is 0 Å². The minimum Gasteiger partial charge on any atom is -0.494 e. The fraction of sp³-hybridized carbons (Fsp3) is 0.500. The molecular weight excluding hydrogens is 294 g/mol. The maximum absolute atomic E-state index is 11.7. The van der Waals surface area contributed by atoms with Crippen LogP contribution in [0.25, 0.3) is 0 Å². The molecule has 1 N–H and O–H groups in total. The maximum atomic E-state index is 11.7. The molecule has 100 valence electrons. The minimum absolute atomic E-state index is 0.0543. The lowest BCUT2D eigenvalue weighted by atomic mass is 10.2. The normalized spacial score (nSPS) is 11.9. The van der Waals surface area contributed by atoms with Gasteiger partial charge in [0.05, 0.1) is 6.61 Å². The zero-order valence-corrected chi connectivity index (χ0v) is 12.5. The van der Waals surface area contributed by atoms with Crippen molar-refractivity contribution < 1.29 is 9.53 Å². The van der Waals surface area contributed by atoms with Crippen LogP contribution in [-0.2, 0) is 0 Å². The van der Waals surface area contributed by atoms with E-state index in [1.165, 1.54) is 0 Å². The number of carbonyl (C=O) groups is 1. The molecule has 3 nitrogen and oxygen atoms in total. The third kappa shape index (κ3) is 5.54. The van der Waals surface area contributed by atoms with E-state index in [0.717, 1.165) is 25.2 Å². The Morgan fingerprint density at radius 2 is 2.06 bits per heavy atom. The first kappa shape index (κ1) is 15.0. The Labute approximate surface area is 117 Å². The van der Waals surface area contributed by atoms with Gasteiger partial charge in [0.1, 0.15) is 5.75 Å². The molecule has 1 aromatic carbocycles. The van der Waals surface area contributed by atoms with E-state index in [4.69, 9.17) is 4.74 Å². The van der Waals surface area contributed by atoms with Crippen LogP contribution in [0, 0.1) is 0 Å². The molecule has 0 aliphatic heterocycles. The number of halogens is 1. The number of benzene rings is 1. The van der Waals surface area contributed by atoms with E-state index in [0.29, 0.717) is 12.1 Å². The average Bonchev–Trinajstić information content (AvgIpc) is 2.37. The van der Waals surface area contributed by atoms with Gasteiger partial charge in [-0.25, -0.2) is 0 Å². The molecule has 4 heteroatoms. The number of hydrogen-bond acceptors (Lipinski definition) is 2. The summed E-state index contributed by atoms with van der Waals surface area (Å²) in [6.45, 7) is 5.46. The van der Waals surface area contributed by atoms with E-state index in [1.54, 1.807) is 12.1 Å². The van der Waals surface area contributed by atoms with Gasteiger partial charge in [0, 0.05) is 16.9 Å². The van der Waals surface area contributed by atoms with Crippen molar-refractivity contribution in [2.45, 2.75) is 31.5 Å². The highest BCUT2D eigenvalue weighted by molar-refractivity contribution is 9.09. The summed E-state index contributed by atoms with van der Waals surface area (Å²) in [5, 5.41) is 2.84. The van der Waals surface area contributed by atoms with Crippen molar-refractivity contribution in [2.24, 2.45) is 0 Å². The number of ether oxygens (including phenoxy) is 1. The van der Waals surface area contributed by atoms with Crippen molar-refractivity contribution in [3.8, 4) is 5.75 Å². The standard InChI is InChI=1S/C14H20BrNO2/c1-3-4-9-18-13-7-5-12(6-8-13)14(17)16-10-11(2)15/h5-8,11H,3-4,9-10H2,1-2H3,(H,16,17). The SMILES string of the molecule is CCCCOc1ccc(C(=O)NCC(C)Br)cc1. The molecule has 1 unspecified atom stereocenters. The van der Waals surface area contributed by atoms with Crippen LogP contribution in [0.4, 0.5) is 0 Å². The highest BCUT2D eigenvalue weighted by Gasteiger charge is 2.06.